The summed E-state index contributed by atoms with van der Waals surface area (Å²) < 4.78 is 0. The third-order valence-electron chi connectivity index (χ3n) is 9.08. The molecule has 4 rings (SSSR count). The number of hydrogen-bond donors (Lipinski definition) is 0. The van der Waals surface area contributed by atoms with Crippen LogP contribution in [0.2, 0.25) is 0 Å². The van der Waals surface area contributed by atoms with Crippen molar-refractivity contribution in [2.24, 2.45) is 0 Å². The van der Waals surface area contributed by atoms with Crippen LogP contribution in [0.3, 0.4) is 0 Å². The second-order valence-electron chi connectivity index (χ2n) is 12.6. The Balaban J connectivity index is 1.65. The first kappa shape index (κ1) is 31.0. The summed E-state index contributed by atoms with van der Waals surface area (Å²) in [5.74, 6) is 0. The quantitative estimate of drug-likeness (QED) is 0.137. The molecule has 0 spiro atoms. The average Bonchev–Trinajstić information content (AvgIpc) is 2.94. The fourth-order valence-corrected chi connectivity index (χ4v) is 9.34. The van der Waals surface area contributed by atoms with Gasteiger partial charge < -0.3 is 0 Å². The fraction of sp³-hybridized carbons (Fsp3) is 0.538. The molecule has 0 nitrogen and oxygen atoms in total. The topological polar surface area (TPSA) is 0 Å². The van der Waals surface area contributed by atoms with Gasteiger partial charge in [0.2, 0.25) is 0 Å². The Morgan fingerprint density at radius 2 is 1.00 bits per heavy atom. The summed E-state index contributed by atoms with van der Waals surface area (Å²) in [4.78, 5) is 0. The average molecular weight is 555 g/mol. The summed E-state index contributed by atoms with van der Waals surface area (Å²) >= 11 is 0. The number of unbranched alkanes of at least 4 members (excludes halogenated alkanes) is 9. The highest BCUT2D eigenvalue weighted by Gasteiger charge is 2.21. The van der Waals surface area contributed by atoms with Crippen LogP contribution in [0.15, 0.2) is 48.5 Å². The minimum atomic E-state index is -0.0530. The molecule has 0 bridgehead atoms. The molecule has 0 radical (unpaired) electrons. The van der Waals surface area contributed by atoms with Crippen molar-refractivity contribution in [3.05, 3.63) is 76.3 Å². The second kappa shape index (κ2) is 15.9. The van der Waals surface area contributed by atoms with Crippen molar-refractivity contribution in [2.45, 2.75) is 125 Å². The molecule has 3 aromatic rings. The van der Waals surface area contributed by atoms with Gasteiger partial charge in [-0.05, 0) is 122 Å². The smallest absolute Gasteiger partial charge is 0.0137 e. The van der Waals surface area contributed by atoms with Crippen LogP contribution in [0, 0.1) is 27.7 Å². The van der Waals surface area contributed by atoms with E-state index in [-0.39, 0.29) is 7.92 Å². The summed E-state index contributed by atoms with van der Waals surface area (Å²) in [6, 6.07) is 19.5. The van der Waals surface area contributed by atoms with Crippen LogP contribution in [0.1, 0.15) is 118 Å². The molecule has 0 atom stereocenters. The summed E-state index contributed by atoms with van der Waals surface area (Å²) in [7, 11) is -0.0530. The van der Waals surface area contributed by atoms with E-state index in [1.165, 1.54) is 147 Å². The summed E-state index contributed by atoms with van der Waals surface area (Å²) in [5.41, 5.74) is 13.1. The zero-order valence-corrected chi connectivity index (χ0v) is 27.3. The van der Waals surface area contributed by atoms with Gasteiger partial charge in [-0.25, -0.2) is 0 Å². The van der Waals surface area contributed by atoms with E-state index in [4.69, 9.17) is 0 Å². The highest BCUT2D eigenvalue weighted by molar-refractivity contribution is 7.65. The molecule has 0 aliphatic carbocycles. The van der Waals surface area contributed by atoms with E-state index in [0.29, 0.717) is 0 Å². The van der Waals surface area contributed by atoms with Crippen molar-refractivity contribution in [3.63, 3.8) is 0 Å². The van der Waals surface area contributed by atoms with E-state index < -0.39 is 0 Å². The van der Waals surface area contributed by atoms with Crippen molar-refractivity contribution in [1.82, 2.24) is 0 Å². The van der Waals surface area contributed by atoms with Crippen molar-refractivity contribution in [1.29, 1.82) is 0 Å². The Labute approximate surface area is 248 Å². The largest absolute Gasteiger partial charge is 0.0753 e. The third-order valence-corrected chi connectivity index (χ3v) is 11.8. The minimum Gasteiger partial charge on any atom is -0.0753 e. The Hall–Kier alpha value is -1.91. The molecule has 1 fully saturated rings. The van der Waals surface area contributed by atoms with Crippen LogP contribution in [-0.2, 0) is 6.42 Å². The lowest BCUT2D eigenvalue weighted by Crippen LogP contribution is -2.13. The predicted molar refractivity (Wildman–Crippen MR) is 182 cm³/mol. The maximum absolute atomic E-state index is 2.65. The van der Waals surface area contributed by atoms with Gasteiger partial charge in [-0.3, -0.25) is 0 Å². The van der Waals surface area contributed by atoms with Gasteiger partial charge >= 0.3 is 0 Å². The number of hydrogen-bond acceptors (Lipinski definition) is 0. The molecule has 3 aromatic carbocycles. The SMILES string of the molecule is CCCCCCCCCCCCc1c(-c2ccc(C)cc2C)cc(P2CCCCC2)cc1-c1ccc(C)cc1C. The fourth-order valence-electron chi connectivity index (χ4n) is 6.76. The number of benzene rings is 3. The Morgan fingerprint density at radius 3 is 1.48 bits per heavy atom. The highest BCUT2D eigenvalue weighted by Crippen LogP contribution is 2.45. The Morgan fingerprint density at radius 1 is 0.525 bits per heavy atom. The maximum atomic E-state index is 2.65. The van der Waals surface area contributed by atoms with Gasteiger partial charge in [-0.2, -0.15) is 0 Å². The molecule has 1 aliphatic rings. The van der Waals surface area contributed by atoms with Gasteiger partial charge in [0.25, 0.3) is 0 Å². The van der Waals surface area contributed by atoms with Gasteiger partial charge in [-0.1, -0.05) is 127 Å². The van der Waals surface area contributed by atoms with Gasteiger partial charge in [0, 0.05) is 0 Å². The molecule has 0 amide bonds. The minimum absolute atomic E-state index is 0.0530. The third kappa shape index (κ3) is 8.55. The van der Waals surface area contributed by atoms with Crippen LogP contribution in [0.4, 0.5) is 0 Å². The molecule has 0 aromatic heterocycles. The zero-order chi connectivity index (χ0) is 28.3. The van der Waals surface area contributed by atoms with Crippen molar-refractivity contribution < 1.29 is 0 Å². The van der Waals surface area contributed by atoms with Crippen LogP contribution in [-0.4, -0.2) is 12.3 Å². The summed E-state index contributed by atoms with van der Waals surface area (Å²) in [5, 5.41) is 1.64. The molecule has 1 heterocycles. The van der Waals surface area contributed by atoms with E-state index in [1.54, 1.807) is 10.9 Å². The van der Waals surface area contributed by atoms with Crippen LogP contribution < -0.4 is 5.30 Å². The predicted octanol–water partition coefficient (Wildman–Crippen LogP) is 12.0. The van der Waals surface area contributed by atoms with Crippen molar-refractivity contribution in [2.75, 3.05) is 12.3 Å². The normalized spacial score (nSPS) is 14.1. The Bertz CT molecular complexity index is 1140. The molecular formula is C39H55P. The van der Waals surface area contributed by atoms with Gasteiger partial charge in [-0.15, -0.1) is 0 Å². The standard InChI is InChI=1S/C39H55P/c1-6-7-8-9-10-11-12-13-14-16-19-37-38(35-22-20-30(2)26-32(35)4)28-34(40-24-17-15-18-25-40)29-39(37)36-23-21-31(3)27-33(36)5/h20-23,26-29H,6-19,24-25H2,1-5H3. The molecule has 1 heteroatoms. The van der Waals surface area contributed by atoms with Crippen molar-refractivity contribution >= 4 is 13.2 Å². The number of rotatable bonds is 14. The van der Waals surface area contributed by atoms with Crippen LogP contribution in [0.25, 0.3) is 22.3 Å². The molecule has 0 N–H and O–H groups in total. The molecule has 216 valence electrons. The first-order chi connectivity index (χ1) is 19.5. The Kier molecular flexibility index (Phi) is 12.4. The highest BCUT2D eigenvalue weighted by atomic mass is 31.1. The van der Waals surface area contributed by atoms with E-state index in [1.807, 2.05) is 0 Å². The molecule has 40 heavy (non-hydrogen) atoms. The van der Waals surface area contributed by atoms with E-state index >= 15 is 0 Å². The van der Waals surface area contributed by atoms with Gasteiger partial charge in [0.05, 0.1) is 0 Å². The van der Waals surface area contributed by atoms with Crippen molar-refractivity contribution in [3.8, 4) is 22.3 Å². The lowest BCUT2D eigenvalue weighted by atomic mass is 9.85. The second-order valence-corrected chi connectivity index (χ2v) is 15.1. The van der Waals surface area contributed by atoms with Gasteiger partial charge in [0.15, 0.2) is 0 Å². The van der Waals surface area contributed by atoms with E-state index in [0.717, 1.165) is 0 Å². The van der Waals surface area contributed by atoms with Crippen LogP contribution in [0.5, 0.6) is 0 Å². The first-order valence-electron chi connectivity index (χ1n) is 16.5. The van der Waals surface area contributed by atoms with E-state index in [2.05, 4.69) is 83.1 Å². The molecule has 1 saturated heterocycles. The summed E-state index contributed by atoms with van der Waals surface area (Å²) in [6.07, 6.45) is 22.1. The molecule has 1 aliphatic heterocycles. The van der Waals surface area contributed by atoms with E-state index in [9.17, 15) is 0 Å². The summed E-state index contributed by atoms with van der Waals surface area (Å²) in [6.45, 7) is 11.4. The maximum Gasteiger partial charge on any atom is -0.0137 e. The molecule has 0 unspecified atom stereocenters. The molecule has 0 saturated carbocycles. The number of aryl methyl sites for hydroxylation is 4. The monoisotopic (exact) mass is 554 g/mol. The molecular weight excluding hydrogens is 499 g/mol. The lowest BCUT2D eigenvalue weighted by Gasteiger charge is -2.27. The van der Waals surface area contributed by atoms with Crippen LogP contribution >= 0.6 is 7.92 Å². The lowest BCUT2D eigenvalue weighted by molar-refractivity contribution is 0.556. The van der Waals surface area contributed by atoms with Gasteiger partial charge in [0.1, 0.15) is 0 Å². The first-order valence-corrected chi connectivity index (χ1v) is 18.3. The zero-order valence-electron chi connectivity index (χ0n) is 26.4.